The third-order valence-electron chi connectivity index (χ3n) is 3.01. The Kier molecular flexibility index (Phi) is 4.99. The van der Waals surface area contributed by atoms with Crippen LogP contribution in [0.3, 0.4) is 0 Å². The fourth-order valence-corrected chi connectivity index (χ4v) is 2.09. The van der Waals surface area contributed by atoms with E-state index in [1.807, 2.05) is 37.3 Å². The SMILES string of the molecule is CCCc1cc(CN)cc(Oc2ccc(Cl)c(C)c2)n1. The molecule has 2 rings (SSSR count). The van der Waals surface area contributed by atoms with Crippen molar-refractivity contribution in [1.82, 2.24) is 4.98 Å². The number of rotatable bonds is 5. The van der Waals surface area contributed by atoms with Gasteiger partial charge in [0.15, 0.2) is 0 Å². The minimum absolute atomic E-state index is 0.481. The van der Waals surface area contributed by atoms with Crippen LogP contribution in [0.15, 0.2) is 30.3 Å². The fourth-order valence-electron chi connectivity index (χ4n) is 1.98. The molecule has 0 aliphatic carbocycles. The van der Waals surface area contributed by atoms with Crippen molar-refractivity contribution in [1.29, 1.82) is 0 Å². The predicted octanol–water partition coefficient (Wildman–Crippen LogP) is 4.25. The van der Waals surface area contributed by atoms with Crippen molar-refractivity contribution in [2.24, 2.45) is 5.73 Å². The highest BCUT2D eigenvalue weighted by Gasteiger charge is 2.05. The second kappa shape index (κ2) is 6.73. The van der Waals surface area contributed by atoms with E-state index < -0.39 is 0 Å². The normalized spacial score (nSPS) is 10.6. The van der Waals surface area contributed by atoms with E-state index in [2.05, 4.69) is 11.9 Å². The van der Waals surface area contributed by atoms with Crippen LogP contribution in [0.1, 0.15) is 30.2 Å². The van der Waals surface area contributed by atoms with Crippen LogP contribution in [0.4, 0.5) is 0 Å². The molecule has 0 atom stereocenters. The molecule has 0 saturated heterocycles. The minimum atomic E-state index is 0.481. The lowest BCUT2D eigenvalue weighted by atomic mass is 10.1. The number of aryl methyl sites for hydroxylation is 2. The van der Waals surface area contributed by atoms with Crippen molar-refractivity contribution in [2.75, 3.05) is 0 Å². The molecule has 1 heterocycles. The number of hydrogen-bond acceptors (Lipinski definition) is 3. The Morgan fingerprint density at radius 3 is 2.70 bits per heavy atom. The van der Waals surface area contributed by atoms with E-state index in [1.54, 1.807) is 0 Å². The molecule has 2 N–H and O–H groups in total. The van der Waals surface area contributed by atoms with Crippen molar-refractivity contribution < 1.29 is 4.74 Å². The number of aromatic nitrogens is 1. The Morgan fingerprint density at radius 2 is 2.05 bits per heavy atom. The maximum Gasteiger partial charge on any atom is 0.219 e. The minimum Gasteiger partial charge on any atom is -0.439 e. The van der Waals surface area contributed by atoms with Crippen molar-refractivity contribution in [3.8, 4) is 11.6 Å². The molecule has 0 saturated carbocycles. The van der Waals surface area contributed by atoms with E-state index in [0.29, 0.717) is 12.4 Å². The lowest BCUT2D eigenvalue weighted by Gasteiger charge is -2.10. The molecule has 0 spiro atoms. The molecule has 0 aliphatic rings. The van der Waals surface area contributed by atoms with E-state index in [-0.39, 0.29) is 0 Å². The third kappa shape index (κ3) is 3.71. The van der Waals surface area contributed by atoms with Crippen LogP contribution in [0.5, 0.6) is 11.6 Å². The number of nitrogens with two attached hydrogens (primary N) is 1. The smallest absolute Gasteiger partial charge is 0.219 e. The lowest BCUT2D eigenvalue weighted by molar-refractivity contribution is 0.459. The summed E-state index contributed by atoms with van der Waals surface area (Å²) in [6, 6.07) is 9.47. The highest BCUT2D eigenvalue weighted by molar-refractivity contribution is 6.31. The molecule has 4 heteroatoms. The highest BCUT2D eigenvalue weighted by Crippen LogP contribution is 2.25. The molecule has 1 aromatic carbocycles. The first-order valence-corrected chi connectivity index (χ1v) is 7.14. The van der Waals surface area contributed by atoms with Gasteiger partial charge in [0.2, 0.25) is 5.88 Å². The van der Waals surface area contributed by atoms with E-state index in [9.17, 15) is 0 Å². The summed E-state index contributed by atoms with van der Waals surface area (Å²) in [5.74, 6) is 1.31. The molecule has 0 radical (unpaired) electrons. The number of ether oxygens (including phenoxy) is 1. The van der Waals surface area contributed by atoms with Gasteiger partial charge in [0.05, 0.1) is 0 Å². The molecule has 0 aliphatic heterocycles. The van der Waals surface area contributed by atoms with Gasteiger partial charge in [-0.2, -0.15) is 0 Å². The molecule has 0 fully saturated rings. The molecule has 20 heavy (non-hydrogen) atoms. The highest BCUT2D eigenvalue weighted by atomic mass is 35.5. The van der Waals surface area contributed by atoms with E-state index in [0.717, 1.165) is 40.4 Å². The van der Waals surface area contributed by atoms with E-state index in [4.69, 9.17) is 22.1 Å². The van der Waals surface area contributed by atoms with Gasteiger partial charge in [0.1, 0.15) is 5.75 Å². The average Bonchev–Trinajstić information content (AvgIpc) is 2.43. The maximum absolute atomic E-state index is 6.01. The Balaban J connectivity index is 2.27. The quantitative estimate of drug-likeness (QED) is 0.895. The van der Waals surface area contributed by atoms with Gasteiger partial charge in [-0.15, -0.1) is 0 Å². The molecular formula is C16H19ClN2O. The zero-order valence-electron chi connectivity index (χ0n) is 11.8. The van der Waals surface area contributed by atoms with Gasteiger partial charge in [0.25, 0.3) is 0 Å². The summed E-state index contributed by atoms with van der Waals surface area (Å²) >= 11 is 6.01. The zero-order valence-corrected chi connectivity index (χ0v) is 12.6. The van der Waals surface area contributed by atoms with Gasteiger partial charge in [-0.1, -0.05) is 24.9 Å². The first-order chi connectivity index (χ1) is 9.62. The van der Waals surface area contributed by atoms with Crippen molar-refractivity contribution >= 4 is 11.6 Å². The lowest BCUT2D eigenvalue weighted by Crippen LogP contribution is -2.01. The Labute approximate surface area is 124 Å². The van der Waals surface area contributed by atoms with Crippen LogP contribution in [-0.4, -0.2) is 4.98 Å². The second-order valence-electron chi connectivity index (χ2n) is 4.77. The van der Waals surface area contributed by atoms with Crippen LogP contribution in [0.2, 0.25) is 5.02 Å². The standard InChI is InChI=1S/C16H19ClN2O/c1-3-4-13-8-12(10-18)9-16(19-13)20-14-5-6-15(17)11(2)7-14/h5-9H,3-4,10,18H2,1-2H3. The fraction of sp³-hybridized carbons (Fsp3) is 0.312. The number of nitrogens with zero attached hydrogens (tertiary/aromatic N) is 1. The summed E-state index contributed by atoms with van der Waals surface area (Å²) in [6.07, 6.45) is 1.96. The van der Waals surface area contributed by atoms with Gasteiger partial charge >= 0.3 is 0 Å². The summed E-state index contributed by atoms with van der Waals surface area (Å²) in [4.78, 5) is 4.51. The molecule has 0 amide bonds. The van der Waals surface area contributed by atoms with Crippen LogP contribution < -0.4 is 10.5 Å². The van der Waals surface area contributed by atoms with Crippen LogP contribution in [0, 0.1) is 6.92 Å². The Bertz CT molecular complexity index is 599. The summed E-state index contributed by atoms with van der Waals surface area (Å²) in [5, 5.41) is 0.729. The van der Waals surface area contributed by atoms with Crippen LogP contribution in [-0.2, 0) is 13.0 Å². The summed E-state index contributed by atoms with van der Waals surface area (Å²) in [7, 11) is 0. The first-order valence-electron chi connectivity index (χ1n) is 6.76. The second-order valence-corrected chi connectivity index (χ2v) is 5.18. The Morgan fingerprint density at radius 1 is 1.25 bits per heavy atom. The Hall–Kier alpha value is -1.58. The monoisotopic (exact) mass is 290 g/mol. The summed E-state index contributed by atoms with van der Waals surface area (Å²) in [6.45, 7) is 4.55. The number of halogens is 1. The van der Waals surface area contributed by atoms with Gasteiger partial charge in [0, 0.05) is 23.3 Å². The number of hydrogen-bond donors (Lipinski definition) is 1. The number of benzene rings is 1. The van der Waals surface area contributed by atoms with Crippen molar-refractivity contribution in [2.45, 2.75) is 33.2 Å². The van der Waals surface area contributed by atoms with Crippen LogP contribution >= 0.6 is 11.6 Å². The molecule has 3 nitrogen and oxygen atoms in total. The average molecular weight is 291 g/mol. The van der Waals surface area contributed by atoms with Gasteiger partial charge in [-0.05, 0) is 48.7 Å². The zero-order chi connectivity index (χ0) is 14.5. The molecule has 0 bridgehead atoms. The first kappa shape index (κ1) is 14.8. The van der Waals surface area contributed by atoms with Gasteiger partial charge in [-0.25, -0.2) is 4.98 Å². The predicted molar refractivity (Wildman–Crippen MR) is 82.4 cm³/mol. The molecule has 1 aromatic heterocycles. The van der Waals surface area contributed by atoms with E-state index >= 15 is 0 Å². The van der Waals surface area contributed by atoms with Crippen molar-refractivity contribution in [3.63, 3.8) is 0 Å². The number of pyridine rings is 1. The summed E-state index contributed by atoms with van der Waals surface area (Å²) in [5.41, 5.74) is 8.74. The van der Waals surface area contributed by atoms with Crippen LogP contribution in [0.25, 0.3) is 0 Å². The van der Waals surface area contributed by atoms with E-state index in [1.165, 1.54) is 0 Å². The molecule has 106 valence electrons. The topological polar surface area (TPSA) is 48.1 Å². The maximum atomic E-state index is 6.01. The third-order valence-corrected chi connectivity index (χ3v) is 3.43. The van der Waals surface area contributed by atoms with Gasteiger partial charge < -0.3 is 10.5 Å². The largest absolute Gasteiger partial charge is 0.439 e. The molecule has 0 unspecified atom stereocenters. The molecule has 2 aromatic rings. The summed E-state index contributed by atoms with van der Waals surface area (Å²) < 4.78 is 5.82. The van der Waals surface area contributed by atoms with Crippen molar-refractivity contribution in [3.05, 3.63) is 52.2 Å². The van der Waals surface area contributed by atoms with Gasteiger partial charge in [-0.3, -0.25) is 0 Å². The molecular weight excluding hydrogens is 272 g/mol.